The number of benzene rings is 2. The summed E-state index contributed by atoms with van der Waals surface area (Å²) in [4.78, 5) is 29.0. The van der Waals surface area contributed by atoms with Crippen molar-refractivity contribution >= 4 is 50.6 Å². The summed E-state index contributed by atoms with van der Waals surface area (Å²) < 4.78 is 32.9. The molecule has 3 heterocycles. The highest BCUT2D eigenvalue weighted by molar-refractivity contribution is 7.94. The van der Waals surface area contributed by atoms with E-state index in [1.807, 2.05) is 19.1 Å². The van der Waals surface area contributed by atoms with Crippen LogP contribution in [0.4, 0.5) is 11.4 Å². The van der Waals surface area contributed by atoms with Crippen LogP contribution in [0.1, 0.15) is 11.3 Å². The van der Waals surface area contributed by atoms with Gasteiger partial charge in [-0.15, -0.1) is 11.3 Å². The van der Waals surface area contributed by atoms with Crippen LogP contribution in [0.25, 0.3) is 17.4 Å². The first-order chi connectivity index (χ1) is 16.8. The number of carbonyl (C=O) groups is 2. The highest BCUT2D eigenvalue weighted by Crippen LogP contribution is 2.27. The number of hydrogen-bond donors (Lipinski definition) is 2. The van der Waals surface area contributed by atoms with Crippen LogP contribution in [-0.2, 0) is 19.6 Å². The number of amides is 2. The van der Waals surface area contributed by atoms with Crippen molar-refractivity contribution in [2.45, 2.75) is 11.3 Å². The SMILES string of the molecule is Cc1ccc(N2NC(=O)/C(=C\c3ccc(-c4ccc(NS(=O)(=O)c5nccs5)cc4)o3)C2=O)cc1. The van der Waals surface area contributed by atoms with Gasteiger partial charge in [0.2, 0.25) is 4.34 Å². The number of aryl methyl sites for hydroxylation is 1. The molecular formula is C24H18N4O5S2. The van der Waals surface area contributed by atoms with Gasteiger partial charge in [0.05, 0.1) is 5.69 Å². The maximum Gasteiger partial charge on any atom is 0.289 e. The van der Waals surface area contributed by atoms with E-state index in [-0.39, 0.29) is 9.91 Å². The predicted molar refractivity (Wildman–Crippen MR) is 132 cm³/mol. The highest BCUT2D eigenvalue weighted by Gasteiger charge is 2.34. The van der Waals surface area contributed by atoms with E-state index < -0.39 is 21.8 Å². The Bertz CT molecular complexity index is 1540. The molecule has 1 saturated heterocycles. The van der Waals surface area contributed by atoms with E-state index in [4.69, 9.17) is 4.42 Å². The molecule has 1 fully saturated rings. The Hall–Kier alpha value is -4.22. The van der Waals surface area contributed by atoms with Crippen LogP contribution >= 0.6 is 11.3 Å². The maximum atomic E-state index is 12.8. The number of anilines is 2. The van der Waals surface area contributed by atoms with Crippen LogP contribution in [0.3, 0.4) is 0 Å². The van der Waals surface area contributed by atoms with Gasteiger partial charge in [-0.3, -0.25) is 19.7 Å². The number of nitrogens with zero attached hydrogens (tertiary/aromatic N) is 2. The van der Waals surface area contributed by atoms with Crippen molar-refractivity contribution in [2.75, 3.05) is 9.73 Å². The van der Waals surface area contributed by atoms with Crippen molar-refractivity contribution in [3.05, 3.63) is 89.1 Å². The number of nitrogens with one attached hydrogen (secondary N) is 2. The number of carbonyl (C=O) groups excluding carboxylic acids is 2. The molecule has 2 amide bonds. The fourth-order valence-corrected chi connectivity index (χ4v) is 5.30. The Balaban J connectivity index is 1.32. The lowest BCUT2D eigenvalue weighted by atomic mass is 10.1. The summed E-state index contributed by atoms with van der Waals surface area (Å²) in [5.41, 5.74) is 5.18. The molecule has 0 saturated carbocycles. The zero-order valence-electron chi connectivity index (χ0n) is 18.3. The Morgan fingerprint density at radius 2 is 1.77 bits per heavy atom. The molecule has 0 spiro atoms. The molecule has 11 heteroatoms. The Morgan fingerprint density at radius 3 is 2.46 bits per heavy atom. The standard InChI is InChI=1S/C24H18N4O5S2/c1-15-2-8-18(9-3-15)28-23(30)20(22(29)26-28)14-19-10-11-21(33-19)16-4-6-17(7-5-16)27-35(31,32)24-25-12-13-34-24/h2-14,27H,1H3,(H,26,29)/b20-14+. The van der Waals surface area contributed by atoms with Gasteiger partial charge >= 0.3 is 0 Å². The fraction of sp³-hybridized carbons (Fsp3) is 0.0417. The summed E-state index contributed by atoms with van der Waals surface area (Å²) in [5, 5.41) is 2.78. The van der Waals surface area contributed by atoms with Crippen LogP contribution in [-0.4, -0.2) is 25.2 Å². The highest BCUT2D eigenvalue weighted by atomic mass is 32.2. The van der Waals surface area contributed by atoms with Crippen LogP contribution in [0.5, 0.6) is 0 Å². The molecule has 2 N–H and O–H groups in total. The van der Waals surface area contributed by atoms with Crippen LogP contribution in [0, 0.1) is 6.92 Å². The molecule has 4 aromatic rings. The zero-order valence-corrected chi connectivity index (χ0v) is 19.9. The normalized spacial score (nSPS) is 15.0. The van der Waals surface area contributed by atoms with Crippen LogP contribution in [0.15, 0.2) is 86.6 Å². The lowest BCUT2D eigenvalue weighted by Crippen LogP contribution is -2.35. The van der Waals surface area contributed by atoms with Gasteiger partial charge in [0, 0.05) is 22.8 Å². The molecule has 1 aliphatic rings. The minimum atomic E-state index is -3.74. The number of rotatable bonds is 6. The van der Waals surface area contributed by atoms with Crippen molar-refractivity contribution in [1.29, 1.82) is 0 Å². The number of hydrogen-bond acceptors (Lipinski definition) is 7. The van der Waals surface area contributed by atoms with Gasteiger partial charge in [-0.2, -0.15) is 8.42 Å². The second kappa shape index (κ2) is 8.85. The average Bonchev–Trinajstić information content (AvgIpc) is 3.59. The van der Waals surface area contributed by atoms with E-state index >= 15 is 0 Å². The van der Waals surface area contributed by atoms with Gasteiger partial charge in [0.15, 0.2) is 0 Å². The second-order valence-electron chi connectivity index (χ2n) is 7.66. The van der Waals surface area contributed by atoms with E-state index in [0.717, 1.165) is 16.9 Å². The maximum absolute atomic E-state index is 12.8. The molecule has 0 unspecified atom stereocenters. The van der Waals surface area contributed by atoms with E-state index in [9.17, 15) is 18.0 Å². The van der Waals surface area contributed by atoms with Gasteiger partial charge in [0.25, 0.3) is 21.8 Å². The molecule has 0 bridgehead atoms. The fourth-order valence-electron chi connectivity index (χ4n) is 3.41. The molecule has 0 radical (unpaired) electrons. The average molecular weight is 507 g/mol. The minimum Gasteiger partial charge on any atom is -0.457 e. The molecule has 0 aliphatic carbocycles. The van der Waals surface area contributed by atoms with E-state index in [1.54, 1.807) is 53.9 Å². The van der Waals surface area contributed by atoms with E-state index in [0.29, 0.717) is 28.5 Å². The first-order valence-electron chi connectivity index (χ1n) is 10.4. The molecule has 35 heavy (non-hydrogen) atoms. The second-order valence-corrected chi connectivity index (χ2v) is 10.4. The zero-order chi connectivity index (χ0) is 24.6. The van der Waals surface area contributed by atoms with Gasteiger partial charge in [-0.05, 0) is 61.5 Å². The smallest absolute Gasteiger partial charge is 0.289 e. The first-order valence-corrected chi connectivity index (χ1v) is 12.7. The number of aromatic nitrogens is 1. The van der Waals surface area contributed by atoms with Gasteiger partial charge in [0.1, 0.15) is 17.1 Å². The predicted octanol–water partition coefficient (Wildman–Crippen LogP) is 3.97. The molecular weight excluding hydrogens is 488 g/mol. The number of thiazole rings is 1. The molecule has 2 aromatic heterocycles. The quantitative estimate of drug-likeness (QED) is 0.301. The summed E-state index contributed by atoms with van der Waals surface area (Å²) in [6.07, 6.45) is 2.82. The summed E-state index contributed by atoms with van der Waals surface area (Å²) >= 11 is 1.03. The minimum absolute atomic E-state index is 0.0169. The third kappa shape index (κ3) is 4.59. The molecule has 0 atom stereocenters. The molecule has 1 aliphatic heterocycles. The monoisotopic (exact) mass is 506 g/mol. The lowest BCUT2D eigenvalue weighted by Gasteiger charge is -2.14. The molecule has 176 valence electrons. The Labute approximate surface area is 204 Å². The van der Waals surface area contributed by atoms with Gasteiger partial charge < -0.3 is 4.42 Å². The summed E-state index contributed by atoms with van der Waals surface area (Å²) in [6, 6.07) is 17.2. The van der Waals surface area contributed by atoms with Crippen molar-refractivity contribution in [3.8, 4) is 11.3 Å². The van der Waals surface area contributed by atoms with Crippen LogP contribution < -0.4 is 15.2 Å². The van der Waals surface area contributed by atoms with Crippen molar-refractivity contribution in [1.82, 2.24) is 10.4 Å². The summed E-state index contributed by atoms with van der Waals surface area (Å²) in [6.45, 7) is 1.93. The lowest BCUT2D eigenvalue weighted by molar-refractivity contribution is -0.117. The van der Waals surface area contributed by atoms with Crippen molar-refractivity contribution in [3.63, 3.8) is 0 Å². The van der Waals surface area contributed by atoms with Crippen LogP contribution in [0.2, 0.25) is 0 Å². The topological polar surface area (TPSA) is 122 Å². The molecule has 9 nitrogen and oxygen atoms in total. The van der Waals surface area contributed by atoms with Crippen molar-refractivity contribution in [2.24, 2.45) is 0 Å². The largest absolute Gasteiger partial charge is 0.457 e. The molecule has 2 aromatic carbocycles. The van der Waals surface area contributed by atoms with Gasteiger partial charge in [-0.1, -0.05) is 17.7 Å². The Kier molecular flexibility index (Phi) is 5.71. The third-order valence-corrected chi connectivity index (χ3v) is 7.74. The van der Waals surface area contributed by atoms with Crippen molar-refractivity contribution < 1.29 is 22.4 Å². The first kappa shape index (κ1) is 22.6. The number of sulfonamides is 1. The van der Waals surface area contributed by atoms with Gasteiger partial charge in [-0.25, -0.2) is 9.99 Å². The molecule has 5 rings (SSSR count). The summed E-state index contributed by atoms with van der Waals surface area (Å²) in [5.74, 6) is -0.177. The van der Waals surface area contributed by atoms with E-state index in [1.165, 1.54) is 17.3 Å². The van der Waals surface area contributed by atoms with E-state index in [2.05, 4.69) is 15.1 Å². The third-order valence-electron chi connectivity index (χ3n) is 5.16. The summed E-state index contributed by atoms with van der Waals surface area (Å²) in [7, 11) is -3.74. The number of hydrazine groups is 1. The number of furan rings is 1. The Morgan fingerprint density at radius 1 is 1.03 bits per heavy atom.